The molecule has 2 heterocycles. The van der Waals surface area contributed by atoms with E-state index in [1.165, 1.54) is 41.0 Å². The predicted octanol–water partition coefficient (Wildman–Crippen LogP) is 4.08. The van der Waals surface area contributed by atoms with Crippen molar-refractivity contribution in [1.82, 2.24) is 15.2 Å². The molecular weight excluding hydrogens is 266 g/mol. The van der Waals surface area contributed by atoms with Gasteiger partial charge in [-0.05, 0) is 37.3 Å². The van der Waals surface area contributed by atoms with E-state index in [9.17, 15) is 0 Å². The highest BCUT2D eigenvalue weighted by atomic mass is 32.1. The fourth-order valence-corrected chi connectivity index (χ4v) is 3.89. The molecule has 0 unspecified atom stereocenters. The molecule has 0 saturated heterocycles. The molecule has 0 atom stereocenters. The summed E-state index contributed by atoms with van der Waals surface area (Å²) < 4.78 is 0. The third-order valence-electron chi connectivity index (χ3n) is 3.75. The SMILES string of the molecule is c1ccc(-c2n[nH]c(-c3cc4c(s3)CCCC4)n2)cc1. The van der Waals surface area contributed by atoms with Gasteiger partial charge in [-0.1, -0.05) is 30.3 Å². The van der Waals surface area contributed by atoms with Crippen LogP contribution >= 0.6 is 11.3 Å². The molecule has 100 valence electrons. The highest BCUT2D eigenvalue weighted by Gasteiger charge is 2.16. The molecule has 0 spiro atoms. The van der Waals surface area contributed by atoms with E-state index < -0.39 is 0 Å². The number of benzene rings is 1. The second-order valence-corrected chi connectivity index (χ2v) is 6.28. The van der Waals surface area contributed by atoms with Crippen LogP contribution in [0.3, 0.4) is 0 Å². The molecule has 20 heavy (non-hydrogen) atoms. The first-order valence-corrected chi connectivity index (χ1v) is 7.81. The first-order chi connectivity index (χ1) is 9.90. The Bertz CT molecular complexity index is 704. The Balaban J connectivity index is 1.70. The molecule has 0 amide bonds. The fourth-order valence-electron chi connectivity index (χ4n) is 2.70. The maximum atomic E-state index is 4.64. The number of thiophene rings is 1. The van der Waals surface area contributed by atoms with Crippen molar-refractivity contribution in [2.45, 2.75) is 25.7 Å². The highest BCUT2D eigenvalue weighted by molar-refractivity contribution is 7.15. The van der Waals surface area contributed by atoms with Crippen LogP contribution in [0.15, 0.2) is 36.4 Å². The number of hydrogen-bond acceptors (Lipinski definition) is 3. The summed E-state index contributed by atoms with van der Waals surface area (Å²) >= 11 is 1.86. The van der Waals surface area contributed by atoms with E-state index >= 15 is 0 Å². The van der Waals surface area contributed by atoms with Crippen molar-refractivity contribution in [3.8, 4) is 22.1 Å². The second kappa shape index (κ2) is 4.87. The number of aromatic nitrogens is 3. The molecule has 4 rings (SSSR count). The number of hydrogen-bond donors (Lipinski definition) is 1. The number of nitrogens with one attached hydrogen (secondary N) is 1. The van der Waals surface area contributed by atoms with Crippen LogP contribution in [0.4, 0.5) is 0 Å². The van der Waals surface area contributed by atoms with Gasteiger partial charge in [0.25, 0.3) is 0 Å². The van der Waals surface area contributed by atoms with Gasteiger partial charge in [0.15, 0.2) is 11.6 Å². The van der Waals surface area contributed by atoms with E-state index in [4.69, 9.17) is 0 Å². The van der Waals surface area contributed by atoms with Gasteiger partial charge in [0.2, 0.25) is 0 Å². The van der Waals surface area contributed by atoms with Crippen molar-refractivity contribution in [2.75, 3.05) is 0 Å². The lowest BCUT2D eigenvalue weighted by Gasteiger charge is -2.08. The van der Waals surface area contributed by atoms with Gasteiger partial charge < -0.3 is 0 Å². The predicted molar refractivity (Wildman–Crippen MR) is 81.8 cm³/mol. The van der Waals surface area contributed by atoms with Crippen LogP contribution in [-0.2, 0) is 12.8 Å². The minimum Gasteiger partial charge on any atom is -0.258 e. The molecule has 1 aromatic carbocycles. The normalized spacial score (nSPS) is 14.2. The second-order valence-electron chi connectivity index (χ2n) is 5.14. The fraction of sp³-hybridized carbons (Fsp3) is 0.250. The van der Waals surface area contributed by atoms with Gasteiger partial charge in [-0.15, -0.1) is 11.3 Å². The topological polar surface area (TPSA) is 41.6 Å². The van der Waals surface area contributed by atoms with Crippen molar-refractivity contribution in [3.63, 3.8) is 0 Å². The number of aryl methyl sites for hydroxylation is 2. The summed E-state index contributed by atoms with van der Waals surface area (Å²) in [7, 11) is 0. The summed E-state index contributed by atoms with van der Waals surface area (Å²) in [6.07, 6.45) is 5.07. The van der Waals surface area contributed by atoms with Crippen molar-refractivity contribution in [1.29, 1.82) is 0 Å². The summed E-state index contributed by atoms with van der Waals surface area (Å²) in [6, 6.07) is 12.4. The van der Waals surface area contributed by atoms with Crippen molar-refractivity contribution in [3.05, 3.63) is 46.8 Å². The van der Waals surface area contributed by atoms with E-state index in [1.54, 1.807) is 0 Å². The molecule has 0 aliphatic heterocycles. The van der Waals surface area contributed by atoms with Crippen molar-refractivity contribution in [2.24, 2.45) is 0 Å². The Morgan fingerprint density at radius 3 is 2.75 bits per heavy atom. The lowest BCUT2D eigenvalue weighted by atomic mass is 9.99. The molecule has 0 radical (unpaired) electrons. The standard InChI is InChI=1S/C16H15N3S/c1-2-6-11(7-3-1)15-17-16(19-18-15)14-10-12-8-4-5-9-13(12)20-14/h1-3,6-7,10H,4-5,8-9H2,(H,17,18,19). The Labute approximate surface area is 121 Å². The maximum absolute atomic E-state index is 4.64. The van der Waals surface area contributed by atoms with Crippen LogP contribution < -0.4 is 0 Å². The van der Waals surface area contributed by atoms with E-state index in [-0.39, 0.29) is 0 Å². The smallest absolute Gasteiger partial charge is 0.181 e. The first-order valence-electron chi connectivity index (χ1n) is 7.00. The lowest BCUT2D eigenvalue weighted by molar-refractivity contribution is 0.697. The van der Waals surface area contributed by atoms with Crippen LogP contribution in [-0.4, -0.2) is 15.2 Å². The van der Waals surface area contributed by atoms with Gasteiger partial charge in [0.05, 0.1) is 4.88 Å². The third-order valence-corrected chi connectivity index (χ3v) is 4.99. The Morgan fingerprint density at radius 1 is 1.05 bits per heavy atom. The monoisotopic (exact) mass is 281 g/mol. The number of H-pyrrole nitrogens is 1. The Hall–Kier alpha value is -1.94. The van der Waals surface area contributed by atoms with E-state index in [0.29, 0.717) is 0 Å². The van der Waals surface area contributed by atoms with Gasteiger partial charge in [0, 0.05) is 10.4 Å². The Kier molecular flexibility index (Phi) is 2.89. The molecule has 1 aliphatic carbocycles. The Morgan fingerprint density at radius 2 is 1.90 bits per heavy atom. The molecular formula is C16H15N3S. The molecule has 0 bridgehead atoms. The summed E-state index contributed by atoms with van der Waals surface area (Å²) in [5.41, 5.74) is 2.56. The largest absolute Gasteiger partial charge is 0.258 e. The zero-order valence-corrected chi connectivity index (χ0v) is 11.9. The molecule has 0 fully saturated rings. The average molecular weight is 281 g/mol. The molecule has 1 N–H and O–H groups in total. The molecule has 4 heteroatoms. The van der Waals surface area contributed by atoms with Gasteiger partial charge in [-0.25, -0.2) is 4.98 Å². The zero-order chi connectivity index (χ0) is 13.4. The zero-order valence-electron chi connectivity index (χ0n) is 11.1. The van der Waals surface area contributed by atoms with Crippen molar-refractivity contribution < 1.29 is 0 Å². The van der Waals surface area contributed by atoms with E-state index in [0.717, 1.165) is 17.2 Å². The van der Waals surface area contributed by atoms with Gasteiger partial charge >= 0.3 is 0 Å². The van der Waals surface area contributed by atoms with Gasteiger partial charge in [-0.3, -0.25) is 5.10 Å². The van der Waals surface area contributed by atoms with Crippen LogP contribution in [0.2, 0.25) is 0 Å². The van der Waals surface area contributed by atoms with Crippen LogP contribution in [0, 0.1) is 0 Å². The number of aromatic amines is 1. The van der Waals surface area contributed by atoms with Gasteiger partial charge in [0.1, 0.15) is 0 Å². The summed E-state index contributed by atoms with van der Waals surface area (Å²) in [6.45, 7) is 0. The third kappa shape index (κ3) is 2.06. The van der Waals surface area contributed by atoms with E-state index in [2.05, 4.69) is 21.2 Å². The highest BCUT2D eigenvalue weighted by Crippen LogP contribution is 2.34. The number of fused-ring (bicyclic) bond motifs is 1. The maximum Gasteiger partial charge on any atom is 0.181 e. The number of rotatable bonds is 2. The van der Waals surface area contributed by atoms with E-state index in [1.807, 2.05) is 41.7 Å². The summed E-state index contributed by atoms with van der Waals surface area (Å²) in [4.78, 5) is 7.38. The summed E-state index contributed by atoms with van der Waals surface area (Å²) in [5.74, 6) is 1.66. The summed E-state index contributed by atoms with van der Waals surface area (Å²) in [5, 5.41) is 7.42. The quantitative estimate of drug-likeness (QED) is 0.769. The van der Waals surface area contributed by atoms with Crippen molar-refractivity contribution >= 4 is 11.3 Å². The van der Waals surface area contributed by atoms with Crippen LogP contribution in [0.5, 0.6) is 0 Å². The minimum atomic E-state index is 0.770. The molecule has 2 aromatic heterocycles. The van der Waals surface area contributed by atoms with Gasteiger partial charge in [-0.2, -0.15) is 5.10 Å². The molecule has 0 saturated carbocycles. The lowest BCUT2D eigenvalue weighted by Crippen LogP contribution is -1.96. The number of nitrogens with zero attached hydrogens (tertiary/aromatic N) is 2. The molecule has 1 aliphatic rings. The molecule has 3 aromatic rings. The van der Waals surface area contributed by atoms with Crippen LogP contribution in [0.25, 0.3) is 22.1 Å². The minimum absolute atomic E-state index is 0.770. The van der Waals surface area contributed by atoms with Crippen LogP contribution in [0.1, 0.15) is 23.3 Å². The first kappa shape index (κ1) is 11.9. The average Bonchev–Trinajstić information content (AvgIpc) is 3.14. The molecule has 3 nitrogen and oxygen atoms in total.